The first-order valence-corrected chi connectivity index (χ1v) is 6.24. The summed E-state index contributed by atoms with van der Waals surface area (Å²) < 4.78 is 13.3. The van der Waals surface area contributed by atoms with Crippen molar-refractivity contribution in [3.05, 3.63) is 64.7 Å². The summed E-state index contributed by atoms with van der Waals surface area (Å²) in [4.78, 5) is 4.17. The lowest BCUT2D eigenvalue weighted by Crippen LogP contribution is -2.29. The second-order valence-corrected chi connectivity index (χ2v) is 4.72. The van der Waals surface area contributed by atoms with E-state index < -0.39 is 0 Å². The smallest absolute Gasteiger partial charge is 0.123 e. The molecule has 0 spiro atoms. The molecule has 1 atom stereocenters. The van der Waals surface area contributed by atoms with E-state index in [1.165, 1.54) is 6.07 Å². The standard InChI is InChI=1S/C15H18FN3/c1-10-3-4-14(16)8-13(10)9-15(19-17)12-5-6-18-11(2)7-12/h3-8,15,19H,9,17H2,1-2H3. The SMILES string of the molecule is Cc1cc(C(Cc2cc(F)ccc2C)NN)ccn1. The van der Waals surface area contributed by atoms with Crippen molar-refractivity contribution in [3.63, 3.8) is 0 Å². The van der Waals surface area contributed by atoms with Crippen molar-refractivity contribution in [2.45, 2.75) is 26.3 Å². The van der Waals surface area contributed by atoms with Crippen LogP contribution in [0.5, 0.6) is 0 Å². The van der Waals surface area contributed by atoms with Crippen molar-refractivity contribution in [3.8, 4) is 0 Å². The highest BCUT2D eigenvalue weighted by Gasteiger charge is 2.13. The highest BCUT2D eigenvalue weighted by molar-refractivity contribution is 5.30. The van der Waals surface area contributed by atoms with E-state index in [9.17, 15) is 4.39 Å². The predicted molar refractivity (Wildman–Crippen MR) is 73.9 cm³/mol. The van der Waals surface area contributed by atoms with Gasteiger partial charge in [-0.25, -0.2) is 4.39 Å². The van der Waals surface area contributed by atoms with Crippen LogP contribution < -0.4 is 11.3 Å². The van der Waals surface area contributed by atoms with Crippen LogP contribution in [0.25, 0.3) is 0 Å². The van der Waals surface area contributed by atoms with Gasteiger partial charge in [0.2, 0.25) is 0 Å². The van der Waals surface area contributed by atoms with E-state index in [0.29, 0.717) is 6.42 Å². The molecular formula is C15H18FN3. The molecule has 1 aromatic carbocycles. The number of nitrogens with zero attached hydrogens (tertiary/aromatic N) is 1. The van der Waals surface area contributed by atoms with Gasteiger partial charge in [-0.1, -0.05) is 6.07 Å². The number of halogens is 1. The zero-order chi connectivity index (χ0) is 13.8. The van der Waals surface area contributed by atoms with Gasteiger partial charge in [0.1, 0.15) is 5.82 Å². The Morgan fingerprint density at radius 3 is 2.74 bits per heavy atom. The maximum absolute atomic E-state index is 13.3. The Bertz CT molecular complexity index is 569. The lowest BCUT2D eigenvalue weighted by Gasteiger charge is -2.18. The molecule has 1 heterocycles. The maximum Gasteiger partial charge on any atom is 0.123 e. The molecule has 0 fully saturated rings. The summed E-state index contributed by atoms with van der Waals surface area (Å²) in [6, 6.07) is 8.68. The number of nitrogens with one attached hydrogen (secondary N) is 1. The van der Waals surface area contributed by atoms with Crippen LogP contribution in [-0.4, -0.2) is 4.98 Å². The highest BCUT2D eigenvalue weighted by atomic mass is 19.1. The van der Waals surface area contributed by atoms with E-state index in [1.54, 1.807) is 18.3 Å². The number of hydrazine groups is 1. The molecule has 2 aromatic rings. The monoisotopic (exact) mass is 259 g/mol. The molecule has 0 bridgehead atoms. The van der Waals surface area contributed by atoms with E-state index in [4.69, 9.17) is 5.84 Å². The van der Waals surface area contributed by atoms with Crippen LogP contribution >= 0.6 is 0 Å². The lowest BCUT2D eigenvalue weighted by molar-refractivity contribution is 0.546. The number of benzene rings is 1. The zero-order valence-electron chi connectivity index (χ0n) is 11.2. The molecule has 2 rings (SSSR count). The summed E-state index contributed by atoms with van der Waals surface area (Å²) in [7, 11) is 0. The normalized spacial score (nSPS) is 12.4. The van der Waals surface area contributed by atoms with Gasteiger partial charge in [-0.15, -0.1) is 0 Å². The molecule has 0 aliphatic rings. The van der Waals surface area contributed by atoms with Crippen molar-refractivity contribution < 1.29 is 4.39 Å². The summed E-state index contributed by atoms with van der Waals surface area (Å²) in [5.41, 5.74) is 6.80. The molecule has 1 unspecified atom stereocenters. The zero-order valence-corrected chi connectivity index (χ0v) is 11.2. The third-order valence-electron chi connectivity index (χ3n) is 3.26. The Hall–Kier alpha value is -1.78. The predicted octanol–water partition coefficient (Wildman–Crippen LogP) is 2.58. The average Bonchev–Trinajstić information content (AvgIpc) is 2.39. The Morgan fingerprint density at radius 2 is 2.05 bits per heavy atom. The van der Waals surface area contributed by atoms with Gasteiger partial charge in [-0.2, -0.15) is 0 Å². The summed E-state index contributed by atoms with van der Waals surface area (Å²) in [5, 5.41) is 0. The highest BCUT2D eigenvalue weighted by Crippen LogP contribution is 2.20. The molecule has 0 radical (unpaired) electrons. The first-order chi connectivity index (χ1) is 9.10. The van der Waals surface area contributed by atoms with Crippen LogP contribution in [0.2, 0.25) is 0 Å². The molecule has 19 heavy (non-hydrogen) atoms. The average molecular weight is 259 g/mol. The molecule has 4 heteroatoms. The van der Waals surface area contributed by atoms with Crippen molar-refractivity contribution >= 4 is 0 Å². The van der Waals surface area contributed by atoms with Crippen LogP contribution in [-0.2, 0) is 6.42 Å². The fourth-order valence-corrected chi connectivity index (χ4v) is 2.14. The molecule has 0 aliphatic carbocycles. The summed E-state index contributed by atoms with van der Waals surface area (Å²) in [5.74, 6) is 5.41. The molecular weight excluding hydrogens is 241 g/mol. The summed E-state index contributed by atoms with van der Waals surface area (Å²) >= 11 is 0. The van der Waals surface area contributed by atoms with Crippen molar-refractivity contribution in [2.75, 3.05) is 0 Å². The number of aromatic nitrogens is 1. The van der Waals surface area contributed by atoms with Crippen LogP contribution in [0.15, 0.2) is 36.5 Å². The van der Waals surface area contributed by atoms with Gasteiger partial charge in [0.25, 0.3) is 0 Å². The van der Waals surface area contributed by atoms with E-state index in [-0.39, 0.29) is 11.9 Å². The minimum atomic E-state index is -0.220. The number of pyridine rings is 1. The molecule has 3 nitrogen and oxygen atoms in total. The van der Waals surface area contributed by atoms with Crippen molar-refractivity contribution in [1.82, 2.24) is 10.4 Å². The third-order valence-corrected chi connectivity index (χ3v) is 3.26. The second kappa shape index (κ2) is 5.91. The first kappa shape index (κ1) is 13.6. The summed E-state index contributed by atoms with van der Waals surface area (Å²) in [6.45, 7) is 3.91. The van der Waals surface area contributed by atoms with Gasteiger partial charge in [0.15, 0.2) is 0 Å². The largest absolute Gasteiger partial charge is 0.271 e. The number of rotatable bonds is 4. The van der Waals surface area contributed by atoms with Crippen LogP contribution in [0.1, 0.15) is 28.4 Å². The van der Waals surface area contributed by atoms with Gasteiger partial charge in [-0.05, 0) is 61.2 Å². The maximum atomic E-state index is 13.3. The number of hydrogen-bond donors (Lipinski definition) is 2. The first-order valence-electron chi connectivity index (χ1n) is 6.24. The van der Waals surface area contributed by atoms with E-state index in [2.05, 4.69) is 10.4 Å². The number of hydrogen-bond acceptors (Lipinski definition) is 3. The van der Waals surface area contributed by atoms with E-state index in [0.717, 1.165) is 22.4 Å². The van der Waals surface area contributed by atoms with Gasteiger partial charge in [0, 0.05) is 11.9 Å². The van der Waals surface area contributed by atoms with Crippen LogP contribution in [0, 0.1) is 19.7 Å². The lowest BCUT2D eigenvalue weighted by atomic mass is 9.96. The van der Waals surface area contributed by atoms with Gasteiger partial charge >= 0.3 is 0 Å². The van der Waals surface area contributed by atoms with Crippen LogP contribution in [0.4, 0.5) is 4.39 Å². The van der Waals surface area contributed by atoms with Gasteiger partial charge < -0.3 is 0 Å². The fourth-order valence-electron chi connectivity index (χ4n) is 2.14. The van der Waals surface area contributed by atoms with Crippen LogP contribution in [0.3, 0.4) is 0 Å². The molecule has 0 saturated carbocycles. The molecule has 0 saturated heterocycles. The Morgan fingerprint density at radius 1 is 1.26 bits per heavy atom. The Labute approximate surface area is 112 Å². The second-order valence-electron chi connectivity index (χ2n) is 4.72. The molecule has 3 N–H and O–H groups in total. The Balaban J connectivity index is 2.26. The molecule has 0 amide bonds. The number of aryl methyl sites for hydroxylation is 2. The van der Waals surface area contributed by atoms with E-state index >= 15 is 0 Å². The minimum Gasteiger partial charge on any atom is -0.271 e. The Kier molecular flexibility index (Phi) is 4.24. The molecule has 0 aliphatic heterocycles. The minimum absolute atomic E-state index is 0.0535. The number of nitrogens with two attached hydrogens (primary N) is 1. The molecule has 100 valence electrons. The molecule has 1 aromatic heterocycles. The van der Waals surface area contributed by atoms with Gasteiger partial charge in [-0.3, -0.25) is 16.3 Å². The van der Waals surface area contributed by atoms with Gasteiger partial charge in [0.05, 0.1) is 6.04 Å². The third kappa shape index (κ3) is 3.36. The quantitative estimate of drug-likeness (QED) is 0.655. The topological polar surface area (TPSA) is 50.9 Å². The summed E-state index contributed by atoms with van der Waals surface area (Å²) in [6.07, 6.45) is 2.40. The van der Waals surface area contributed by atoms with Crippen molar-refractivity contribution in [1.29, 1.82) is 0 Å². The fraction of sp³-hybridized carbons (Fsp3) is 0.267. The van der Waals surface area contributed by atoms with Crippen molar-refractivity contribution in [2.24, 2.45) is 5.84 Å². The van der Waals surface area contributed by atoms with E-state index in [1.807, 2.05) is 26.0 Å².